The standard InChI is InChI=1S/C11H12BrNO2/c12-10-7-3-1-2-4-9(7)15-11(10)8(13)5-6-14/h1-4,8,14H,5-6,13H2. The predicted molar refractivity (Wildman–Crippen MR) is 62.5 cm³/mol. The number of para-hydroxylation sites is 1. The number of halogens is 1. The summed E-state index contributed by atoms with van der Waals surface area (Å²) < 4.78 is 6.52. The summed E-state index contributed by atoms with van der Waals surface area (Å²) >= 11 is 3.47. The van der Waals surface area contributed by atoms with Crippen LogP contribution in [0.3, 0.4) is 0 Å². The van der Waals surface area contributed by atoms with E-state index < -0.39 is 0 Å². The number of furan rings is 1. The summed E-state index contributed by atoms with van der Waals surface area (Å²) in [5.74, 6) is 0.699. The van der Waals surface area contributed by atoms with Gasteiger partial charge in [0.2, 0.25) is 0 Å². The van der Waals surface area contributed by atoms with Crippen LogP contribution in [-0.4, -0.2) is 11.7 Å². The topological polar surface area (TPSA) is 59.4 Å². The zero-order valence-corrected chi connectivity index (χ0v) is 9.70. The van der Waals surface area contributed by atoms with Crippen molar-refractivity contribution in [3.8, 4) is 0 Å². The van der Waals surface area contributed by atoms with Crippen LogP contribution in [0.4, 0.5) is 0 Å². The molecule has 15 heavy (non-hydrogen) atoms. The van der Waals surface area contributed by atoms with Crippen LogP contribution in [-0.2, 0) is 0 Å². The summed E-state index contributed by atoms with van der Waals surface area (Å²) in [5, 5.41) is 9.84. The van der Waals surface area contributed by atoms with Crippen molar-refractivity contribution in [2.45, 2.75) is 12.5 Å². The molecular weight excluding hydrogens is 258 g/mol. The van der Waals surface area contributed by atoms with Crippen LogP contribution < -0.4 is 5.73 Å². The third-order valence-electron chi connectivity index (χ3n) is 2.34. The van der Waals surface area contributed by atoms with Gasteiger partial charge in [-0.3, -0.25) is 0 Å². The van der Waals surface area contributed by atoms with Crippen molar-refractivity contribution >= 4 is 26.9 Å². The van der Waals surface area contributed by atoms with E-state index in [1.807, 2.05) is 24.3 Å². The Labute approximate surface area is 96.0 Å². The van der Waals surface area contributed by atoms with Crippen molar-refractivity contribution in [3.05, 3.63) is 34.5 Å². The summed E-state index contributed by atoms with van der Waals surface area (Å²) in [7, 11) is 0. The molecular formula is C11H12BrNO2. The molecule has 0 radical (unpaired) electrons. The lowest BCUT2D eigenvalue weighted by Crippen LogP contribution is -2.11. The van der Waals surface area contributed by atoms with Crippen LogP contribution >= 0.6 is 15.9 Å². The molecule has 0 saturated carbocycles. The minimum absolute atomic E-state index is 0.0602. The van der Waals surface area contributed by atoms with E-state index in [0.717, 1.165) is 15.4 Å². The first-order chi connectivity index (χ1) is 7.24. The van der Waals surface area contributed by atoms with Gasteiger partial charge in [0.15, 0.2) is 0 Å². The van der Waals surface area contributed by atoms with Gasteiger partial charge in [-0.1, -0.05) is 12.1 Å². The zero-order chi connectivity index (χ0) is 10.8. The maximum absolute atomic E-state index is 8.83. The van der Waals surface area contributed by atoms with E-state index in [-0.39, 0.29) is 12.6 Å². The molecule has 0 aliphatic carbocycles. The van der Waals surface area contributed by atoms with Gasteiger partial charge in [0.05, 0.1) is 10.5 Å². The summed E-state index contributed by atoms with van der Waals surface area (Å²) in [5.41, 5.74) is 6.70. The molecule has 0 saturated heterocycles. The lowest BCUT2D eigenvalue weighted by molar-refractivity contribution is 0.269. The predicted octanol–water partition coefficient (Wildman–Crippen LogP) is 2.58. The fourth-order valence-corrected chi connectivity index (χ4v) is 2.24. The molecule has 2 aromatic rings. The van der Waals surface area contributed by atoms with E-state index in [1.165, 1.54) is 0 Å². The first-order valence-electron chi connectivity index (χ1n) is 4.77. The Morgan fingerprint density at radius 3 is 2.80 bits per heavy atom. The molecule has 1 aromatic heterocycles. The van der Waals surface area contributed by atoms with Crippen LogP contribution in [0, 0.1) is 0 Å². The highest BCUT2D eigenvalue weighted by atomic mass is 79.9. The lowest BCUT2D eigenvalue weighted by atomic mass is 10.1. The maximum Gasteiger partial charge on any atom is 0.136 e. The number of fused-ring (bicyclic) bond motifs is 1. The average Bonchev–Trinajstić information content (AvgIpc) is 2.57. The van der Waals surface area contributed by atoms with Crippen LogP contribution in [0.25, 0.3) is 11.0 Å². The minimum atomic E-state index is -0.267. The number of aliphatic hydroxyl groups excluding tert-OH is 1. The van der Waals surface area contributed by atoms with Gasteiger partial charge in [-0.15, -0.1) is 0 Å². The maximum atomic E-state index is 8.83. The number of hydrogen-bond donors (Lipinski definition) is 2. The summed E-state index contributed by atoms with van der Waals surface area (Å²) in [6, 6.07) is 7.47. The Hall–Kier alpha value is -0.840. The zero-order valence-electron chi connectivity index (χ0n) is 8.11. The van der Waals surface area contributed by atoms with Crippen molar-refractivity contribution in [3.63, 3.8) is 0 Å². The molecule has 0 fully saturated rings. The summed E-state index contributed by atoms with van der Waals surface area (Å²) in [6.45, 7) is 0.0602. The molecule has 2 rings (SSSR count). The molecule has 0 bridgehead atoms. The van der Waals surface area contributed by atoms with Crippen LogP contribution in [0.2, 0.25) is 0 Å². The Bertz CT molecular complexity index is 467. The number of aliphatic hydroxyl groups is 1. The molecule has 0 aliphatic rings. The van der Waals surface area contributed by atoms with Gasteiger partial charge in [-0.05, 0) is 34.5 Å². The molecule has 0 spiro atoms. The molecule has 3 nitrogen and oxygen atoms in total. The molecule has 1 atom stereocenters. The smallest absolute Gasteiger partial charge is 0.136 e. The highest BCUT2D eigenvalue weighted by Crippen LogP contribution is 2.34. The normalized spacial score (nSPS) is 13.3. The van der Waals surface area contributed by atoms with E-state index in [4.69, 9.17) is 15.3 Å². The van der Waals surface area contributed by atoms with Crippen LogP contribution in [0.15, 0.2) is 33.2 Å². The number of rotatable bonds is 3. The SMILES string of the molecule is NC(CCO)c1oc2ccccc2c1Br. The Balaban J connectivity index is 2.48. The van der Waals surface area contributed by atoms with E-state index in [9.17, 15) is 0 Å². The van der Waals surface area contributed by atoms with Crippen molar-refractivity contribution in [2.24, 2.45) is 5.73 Å². The van der Waals surface area contributed by atoms with Gasteiger partial charge in [0, 0.05) is 12.0 Å². The van der Waals surface area contributed by atoms with E-state index in [1.54, 1.807) is 0 Å². The van der Waals surface area contributed by atoms with Crippen LogP contribution in [0.5, 0.6) is 0 Å². The molecule has 0 aliphatic heterocycles. The van der Waals surface area contributed by atoms with Gasteiger partial charge < -0.3 is 15.3 Å². The highest BCUT2D eigenvalue weighted by Gasteiger charge is 2.17. The first-order valence-corrected chi connectivity index (χ1v) is 5.56. The Morgan fingerprint density at radius 1 is 1.40 bits per heavy atom. The Kier molecular flexibility index (Phi) is 3.09. The molecule has 1 heterocycles. The van der Waals surface area contributed by atoms with E-state index >= 15 is 0 Å². The van der Waals surface area contributed by atoms with Gasteiger partial charge in [0.25, 0.3) is 0 Å². The number of hydrogen-bond acceptors (Lipinski definition) is 3. The second kappa shape index (κ2) is 4.35. The summed E-state index contributed by atoms with van der Waals surface area (Å²) in [6.07, 6.45) is 0.498. The van der Waals surface area contributed by atoms with E-state index in [0.29, 0.717) is 12.2 Å². The second-order valence-corrected chi connectivity index (χ2v) is 4.19. The van der Waals surface area contributed by atoms with Gasteiger partial charge >= 0.3 is 0 Å². The minimum Gasteiger partial charge on any atom is -0.458 e. The molecule has 80 valence electrons. The van der Waals surface area contributed by atoms with E-state index in [2.05, 4.69) is 15.9 Å². The van der Waals surface area contributed by atoms with Crippen molar-refractivity contribution < 1.29 is 9.52 Å². The van der Waals surface area contributed by atoms with Gasteiger partial charge in [0.1, 0.15) is 11.3 Å². The monoisotopic (exact) mass is 269 g/mol. The van der Waals surface area contributed by atoms with Crippen LogP contribution in [0.1, 0.15) is 18.2 Å². The third-order valence-corrected chi connectivity index (χ3v) is 3.15. The molecule has 1 unspecified atom stereocenters. The van der Waals surface area contributed by atoms with Gasteiger partial charge in [-0.25, -0.2) is 0 Å². The fraction of sp³-hybridized carbons (Fsp3) is 0.273. The van der Waals surface area contributed by atoms with Crippen molar-refractivity contribution in [1.82, 2.24) is 0 Å². The van der Waals surface area contributed by atoms with Gasteiger partial charge in [-0.2, -0.15) is 0 Å². The average molecular weight is 270 g/mol. The van der Waals surface area contributed by atoms with Crippen molar-refractivity contribution in [1.29, 1.82) is 0 Å². The third kappa shape index (κ3) is 1.93. The molecule has 1 aromatic carbocycles. The summed E-state index contributed by atoms with van der Waals surface area (Å²) in [4.78, 5) is 0. The number of benzene rings is 1. The molecule has 4 heteroatoms. The van der Waals surface area contributed by atoms with Crippen molar-refractivity contribution in [2.75, 3.05) is 6.61 Å². The quantitative estimate of drug-likeness (QED) is 0.901. The molecule has 3 N–H and O–H groups in total. The largest absolute Gasteiger partial charge is 0.458 e. The lowest BCUT2D eigenvalue weighted by Gasteiger charge is -2.06. The first kappa shape index (κ1) is 10.7. The Morgan fingerprint density at radius 2 is 2.13 bits per heavy atom. The fourth-order valence-electron chi connectivity index (χ4n) is 1.54. The molecule has 0 amide bonds. The second-order valence-electron chi connectivity index (χ2n) is 3.40. The highest BCUT2D eigenvalue weighted by molar-refractivity contribution is 9.10. The number of nitrogens with two attached hydrogens (primary N) is 1.